The number of nitrogens with zero attached hydrogens (tertiary/aromatic N) is 3. The molecule has 0 aliphatic carbocycles. The van der Waals surface area contributed by atoms with Crippen molar-refractivity contribution in [3.63, 3.8) is 0 Å². The van der Waals surface area contributed by atoms with Crippen molar-refractivity contribution < 1.29 is 18.7 Å². The van der Waals surface area contributed by atoms with Gasteiger partial charge in [0, 0.05) is 30.9 Å². The van der Waals surface area contributed by atoms with Gasteiger partial charge in [-0.25, -0.2) is 18.7 Å². The van der Waals surface area contributed by atoms with Crippen LogP contribution in [0.5, 0.6) is 0 Å². The van der Waals surface area contributed by atoms with E-state index in [0.717, 1.165) is 24.5 Å². The Morgan fingerprint density at radius 3 is 2.59 bits per heavy atom. The van der Waals surface area contributed by atoms with Gasteiger partial charge in [-0.3, -0.25) is 9.89 Å². The Balaban J connectivity index is 1.61. The highest BCUT2D eigenvalue weighted by Crippen LogP contribution is 2.33. The predicted molar refractivity (Wildman–Crippen MR) is 105 cm³/mol. The van der Waals surface area contributed by atoms with Crippen molar-refractivity contribution in [1.82, 2.24) is 19.5 Å². The first-order valence-corrected chi connectivity index (χ1v) is 9.61. The lowest BCUT2D eigenvalue weighted by atomic mass is 9.91. The van der Waals surface area contributed by atoms with Gasteiger partial charge in [-0.05, 0) is 45.6 Å². The van der Waals surface area contributed by atoms with E-state index in [2.05, 4.69) is 10.1 Å². The number of H-pyrrole nitrogens is 1. The van der Waals surface area contributed by atoms with Crippen LogP contribution >= 0.6 is 0 Å². The number of aromatic nitrogens is 3. The minimum atomic E-state index is -0.710. The van der Waals surface area contributed by atoms with Crippen molar-refractivity contribution in [2.75, 3.05) is 13.1 Å². The SMILES string of the molecule is CC(C)(C)OC(=O)N1CCC(c2c[nH]n3c2nc2cc(F)cc(C(N)=O)c23)CC1. The van der Waals surface area contributed by atoms with Gasteiger partial charge >= 0.3 is 6.09 Å². The summed E-state index contributed by atoms with van der Waals surface area (Å²) < 4.78 is 21.0. The van der Waals surface area contributed by atoms with Gasteiger partial charge < -0.3 is 15.4 Å². The third-order valence-electron chi connectivity index (χ3n) is 5.18. The molecule has 1 aliphatic heterocycles. The van der Waals surface area contributed by atoms with Crippen LogP contribution in [0.4, 0.5) is 9.18 Å². The largest absolute Gasteiger partial charge is 0.444 e. The van der Waals surface area contributed by atoms with Gasteiger partial charge in [-0.2, -0.15) is 0 Å². The molecule has 0 radical (unpaired) electrons. The van der Waals surface area contributed by atoms with Crippen LogP contribution in [0.15, 0.2) is 18.3 Å². The molecule has 3 aromatic rings. The van der Waals surface area contributed by atoms with Crippen molar-refractivity contribution in [3.05, 3.63) is 35.3 Å². The maximum absolute atomic E-state index is 13.9. The van der Waals surface area contributed by atoms with Crippen LogP contribution in [-0.2, 0) is 4.74 Å². The van der Waals surface area contributed by atoms with Gasteiger partial charge in [-0.1, -0.05) is 0 Å². The average Bonchev–Trinajstić information content (AvgIpc) is 3.18. The normalized spacial score (nSPS) is 15.9. The molecule has 1 aromatic carbocycles. The molecule has 9 heteroatoms. The number of likely N-dealkylation sites (tertiary alicyclic amines) is 1. The Hall–Kier alpha value is -3.10. The third kappa shape index (κ3) is 3.52. The van der Waals surface area contributed by atoms with E-state index in [9.17, 15) is 14.0 Å². The smallest absolute Gasteiger partial charge is 0.410 e. The summed E-state index contributed by atoms with van der Waals surface area (Å²) in [7, 11) is 0. The minimum absolute atomic E-state index is 0.0839. The summed E-state index contributed by atoms with van der Waals surface area (Å²) in [4.78, 5) is 30.3. The first-order valence-electron chi connectivity index (χ1n) is 9.61. The number of ether oxygens (including phenoxy) is 1. The summed E-state index contributed by atoms with van der Waals surface area (Å²) in [6.45, 7) is 6.71. The molecule has 3 heterocycles. The number of imidazole rings is 1. The summed E-state index contributed by atoms with van der Waals surface area (Å²) in [5.41, 5.74) is 7.44. The molecular formula is C20H24FN5O3. The fourth-order valence-electron chi connectivity index (χ4n) is 3.88. The third-order valence-corrected chi connectivity index (χ3v) is 5.18. The topological polar surface area (TPSA) is 106 Å². The number of aromatic amines is 1. The van der Waals surface area contributed by atoms with Crippen LogP contribution in [0.3, 0.4) is 0 Å². The van der Waals surface area contributed by atoms with E-state index in [-0.39, 0.29) is 17.6 Å². The monoisotopic (exact) mass is 401 g/mol. The number of nitrogens with one attached hydrogen (secondary N) is 1. The van der Waals surface area contributed by atoms with Crippen LogP contribution in [0.2, 0.25) is 0 Å². The van der Waals surface area contributed by atoms with Crippen LogP contribution < -0.4 is 5.73 Å². The highest BCUT2D eigenvalue weighted by Gasteiger charge is 2.29. The minimum Gasteiger partial charge on any atom is -0.444 e. The molecule has 1 aliphatic rings. The molecule has 3 N–H and O–H groups in total. The van der Waals surface area contributed by atoms with Crippen molar-refractivity contribution in [3.8, 4) is 0 Å². The molecule has 0 unspecified atom stereocenters. The predicted octanol–water partition coefficient (Wildman–Crippen LogP) is 3.17. The number of hydrogen-bond donors (Lipinski definition) is 2. The zero-order valence-corrected chi connectivity index (χ0v) is 16.7. The number of carbonyl (C=O) groups is 2. The lowest BCUT2D eigenvalue weighted by Gasteiger charge is -2.33. The number of amides is 2. The number of hydrogen-bond acceptors (Lipinski definition) is 4. The van der Waals surface area contributed by atoms with Gasteiger partial charge in [0.05, 0.1) is 11.1 Å². The lowest BCUT2D eigenvalue weighted by Crippen LogP contribution is -2.41. The first kappa shape index (κ1) is 19.2. The molecule has 0 atom stereocenters. The zero-order valence-electron chi connectivity index (χ0n) is 16.7. The summed E-state index contributed by atoms with van der Waals surface area (Å²) in [6.07, 6.45) is 3.06. The van der Waals surface area contributed by atoms with Crippen molar-refractivity contribution in [2.45, 2.75) is 45.1 Å². The molecule has 0 spiro atoms. The second-order valence-electron chi connectivity index (χ2n) is 8.43. The van der Waals surface area contributed by atoms with Crippen LogP contribution in [0.1, 0.15) is 55.5 Å². The van der Waals surface area contributed by atoms with Gasteiger partial charge in [0.15, 0.2) is 5.65 Å². The summed E-state index contributed by atoms with van der Waals surface area (Å²) in [6, 6.07) is 2.41. The zero-order chi connectivity index (χ0) is 20.9. The van der Waals surface area contributed by atoms with Gasteiger partial charge in [0.25, 0.3) is 5.91 Å². The Morgan fingerprint density at radius 1 is 1.28 bits per heavy atom. The van der Waals surface area contributed by atoms with Gasteiger partial charge in [0.2, 0.25) is 0 Å². The van der Waals surface area contributed by atoms with Crippen LogP contribution in [-0.4, -0.2) is 50.2 Å². The molecule has 2 amide bonds. The fourth-order valence-corrected chi connectivity index (χ4v) is 3.88. The molecule has 4 rings (SSSR count). The van der Waals surface area contributed by atoms with E-state index in [1.807, 2.05) is 27.0 Å². The second kappa shape index (κ2) is 6.75. The van der Waals surface area contributed by atoms with Crippen molar-refractivity contribution >= 4 is 28.7 Å². The Labute approximate surface area is 166 Å². The highest BCUT2D eigenvalue weighted by atomic mass is 19.1. The highest BCUT2D eigenvalue weighted by molar-refractivity contribution is 6.05. The molecule has 1 saturated heterocycles. The number of piperidine rings is 1. The first-order chi connectivity index (χ1) is 13.6. The molecule has 154 valence electrons. The summed E-state index contributed by atoms with van der Waals surface area (Å²) in [5, 5.41) is 3.11. The number of primary amides is 1. The average molecular weight is 401 g/mol. The summed E-state index contributed by atoms with van der Waals surface area (Å²) in [5.74, 6) is -1.08. The van der Waals surface area contributed by atoms with Crippen molar-refractivity contribution in [1.29, 1.82) is 0 Å². The number of rotatable bonds is 2. The Morgan fingerprint density at radius 2 is 1.97 bits per heavy atom. The van der Waals surface area contributed by atoms with Gasteiger partial charge in [0.1, 0.15) is 16.9 Å². The number of benzene rings is 1. The molecule has 0 bridgehead atoms. The second-order valence-corrected chi connectivity index (χ2v) is 8.43. The maximum atomic E-state index is 13.9. The molecule has 29 heavy (non-hydrogen) atoms. The van der Waals surface area contributed by atoms with E-state index < -0.39 is 17.3 Å². The Kier molecular flexibility index (Phi) is 4.48. The van der Waals surface area contributed by atoms with Crippen molar-refractivity contribution in [2.24, 2.45) is 5.73 Å². The maximum Gasteiger partial charge on any atom is 0.410 e. The number of nitrogens with two attached hydrogens (primary N) is 1. The number of halogens is 1. The molecule has 8 nitrogen and oxygen atoms in total. The van der Waals surface area contributed by atoms with Gasteiger partial charge in [-0.15, -0.1) is 0 Å². The number of fused-ring (bicyclic) bond motifs is 3. The van der Waals surface area contributed by atoms with Crippen LogP contribution in [0.25, 0.3) is 16.7 Å². The Bertz CT molecular complexity index is 1100. The van der Waals surface area contributed by atoms with E-state index in [4.69, 9.17) is 10.5 Å². The van der Waals surface area contributed by atoms with E-state index in [1.54, 1.807) is 9.42 Å². The molecule has 1 fully saturated rings. The van der Waals surface area contributed by atoms with E-state index in [1.165, 1.54) is 6.07 Å². The van der Waals surface area contributed by atoms with E-state index >= 15 is 0 Å². The molecule has 2 aromatic heterocycles. The molecular weight excluding hydrogens is 377 g/mol. The fraction of sp³-hybridized carbons (Fsp3) is 0.450. The van der Waals surface area contributed by atoms with Crippen LogP contribution in [0, 0.1) is 5.82 Å². The summed E-state index contributed by atoms with van der Waals surface area (Å²) >= 11 is 0. The quantitative estimate of drug-likeness (QED) is 0.688. The lowest BCUT2D eigenvalue weighted by molar-refractivity contribution is 0.0205. The molecule has 0 saturated carbocycles. The standard InChI is InChI=1S/C20H24FN5O3/c1-20(2,3)29-19(28)25-6-4-11(5-7-25)14-10-23-26-16-13(17(22)27)8-12(21)9-15(16)24-18(14)26/h8-11,23H,4-7H2,1-3H3,(H2,22,27). The van der Waals surface area contributed by atoms with E-state index in [0.29, 0.717) is 29.8 Å². The number of carbonyl (C=O) groups excluding carboxylic acids is 2.